The van der Waals surface area contributed by atoms with Gasteiger partial charge >= 0.3 is 5.97 Å². The summed E-state index contributed by atoms with van der Waals surface area (Å²) >= 11 is 0. The highest BCUT2D eigenvalue weighted by atomic mass is 19.2. The van der Waals surface area contributed by atoms with Crippen LogP contribution in [0.2, 0.25) is 0 Å². The molecule has 4 aromatic rings. The highest BCUT2D eigenvalue weighted by Gasteiger charge is 2.21. The van der Waals surface area contributed by atoms with E-state index in [1.807, 2.05) is 25.1 Å². The fraction of sp³-hybridized carbons (Fsp3) is 0.238. The molecule has 0 bridgehead atoms. The third-order valence-electron chi connectivity index (χ3n) is 8.64. The molecule has 50 heavy (non-hydrogen) atoms. The monoisotopic (exact) mass is 680 g/mol. The molecule has 0 saturated heterocycles. The van der Waals surface area contributed by atoms with E-state index < -0.39 is 30.1 Å². The normalized spacial score (nSPS) is 12.3. The van der Waals surface area contributed by atoms with Gasteiger partial charge in [-0.3, -0.25) is 4.79 Å². The lowest BCUT2D eigenvalue weighted by Crippen LogP contribution is -2.17. The summed E-state index contributed by atoms with van der Waals surface area (Å²) in [6.45, 7) is 7.47. The van der Waals surface area contributed by atoms with E-state index in [2.05, 4.69) is 43.5 Å². The molecule has 0 heterocycles. The van der Waals surface area contributed by atoms with E-state index in [4.69, 9.17) is 14.9 Å². The number of carbonyl (C=O) groups is 2. The van der Waals surface area contributed by atoms with Crippen molar-refractivity contribution in [3.8, 4) is 33.4 Å². The van der Waals surface area contributed by atoms with Crippen LogP contribution in [0.5, 0.6) is 0 Å². The number of aliphatic hydroxyl groups is 3. The third-order valence-corrected chi connectivity index (χ3v) is 8.64. The number of aldehydes is 1. The summed E-state index contributed by atoms with van der Waals surface area (Å²) in [5, 5.41) is 26.8. The lowest BCUT2D eigenvalue weighted by Gasteiger charge is -2.22. The quantitative estimate of drug-likeness (QED) is 0.0586. The van der Waals surface area contributed by atoms with Crippen LogP contribution in [-0.2, 0) is 33.6 Å². The first kappa shape index (κ1) is 37.8. The van der Waals surface area contributed by atoms with E-state index in [-0.39, 0.29) is 42.1 Å². The summed E-state index contributed by atoms with van der Waals surface area (Å²) in [4.78, 5) is 21.3. The Morgan fingerprint density at radius 2 is 1.40 bits per heavy atom. The van der Waals surface area contributed by atoms with Crippen LogP contribution in [-0.4, -0.2) is 54.0 Å². The molecule has 0 fully saturated rings. The average Bonchev–Trinajstić information content (AvgIpc) is 3.15. The second-order valence-electron chi connectivity index (χ2n) is 12.1. The summed E-state index contributed by atoms with van der Waals surface area (Å²) in [6.07, 6.45) is 8.56. The number of esters is 1. The van der Waals surface area contributed by atoms with Crippen molar-refractivity contribution in [1.82, 2.24) is 0 Å². The van der Waals surface area contributed by atoms with Gasteiger partial charge in [-0.05, 0) is 77.1 Å². The predicted molar refractivity (Wildman–Crippen MR) is 193 cm³/mol. The lowest BCUT2D eigenvalue weighted by atomic mass is 9.83. The van der Waals surface area contributed by atoms with Gasteiger partial charge in [0.2, 0.25) is 0 Å². The number of fused-ring (bicyclic) bond motifs is 3. The molecule has 0 saturated carbocycles. The number of carbonyl (C=O) groups excluding carboxylic acids is 2. The molecule has 0 spiro atoms. The maximum absolute atomic E-state index is 15.5. The number of hydrogen-bond acceptors (Lipinski definition) is 6. The minimum atomic E-state index is -0.932. The van der Waals surface area contributed by atoms with Gasteiger partial charge in [-0.1, -0.05) is 98.1 Å². The predicted octanol–water partition coefficient (Wildman–Crippen LogP) is 7.47. The van der Waals surface area contributed by atoms with Gasteiger partial charge in [0, 0.05) is 22.6 Å². The highest BCUT2D eigenvalue weighted by molar-refractivity contribution is 5.88. The van der Waals surface area contributed by atoms with E-state index in [9.17, 15) is 14.7 Å². The fourth-order valence-corrected chi connectivity index (χ4v) is 5.75. The largest absolute Gasteiger partial charge is 0.462 e. The second-order valence-corrected chi connectivity index (χ2v) is 12.1. The molecule has 0 amide bonds. The van der Waals surface area contributed by atoms with E-state index in [1.54, 1.807) is 36.4 Å². The summed E-state index contributed by atoms with van der Waals surface area (Å²) in [5.41, 5.74) is 8.38. The molecule has 1 aliphatic rings. The Labute approximate surface area is 291 Å². The number of aryl methyl sites for hydroxylation is 3. The molecule has 260 valence electrons. The molecular weight excluding hydrogens is 638 g/mol. The maximum atomic E-state index is 15.5. The molecule has 0 radical (unpaired) electrons. The Hall–Kier alpha value is -5.02. The standard InChI is InChI=1S/C38H36F2O4.C4H6O2/c1-3-4-5-6-25-7-15-32-28(19-25)12-13-29-20-30(14-16-33(29)32)35-18-17-34(36(39)37(35)40)27-10-8-26(9-11-27)31(22-42)23-44-38(43)24(2)21-41;1-4(2-5)3-6/h3-4,7-11,14-20,31,41-42H,2,5-6,12-13,21-23H2,1H3;2,6H,1,3H2/b4-3+;. The summed E-state index contributed by atoms with van der Waals surface area (Å²) < 4.78 is 36.1. The number of hydrogen-bond donors (Lipinski definition) is 3. The van der Waals surface area contributed by atoms with Gasteiger partial charge < -0.3 is 20.1 Å². The van der Waals surface area contributed by atoms with Crippen molar-refractivity contribution < 1.29 is 38.4 Å². The average molecular weight is 681 g/mol. The van der Waals surface area contributed by atoms with Crippen molar-refractivity contribution >= 4 is 12.3 Å². The minimum Gasteiger partial charge on any atom is -0.462 e. The van der Waals surface area contributed by atoms with Crippen LogP contribution in [0.1, 0.15) is 41.5 Å². The number of rotatable bonds is 13. The number of benzene rings is 4. The van der Waals surface area contributed by atoms with Crippen LogP contribution in [0.25, 0.3) is 33.4 Å². The molecule has 1 aliphatic carbocycles. The van der Waals surface area contributed by atoms with Gasteiger partial charge in [-0.15, -0.1) is 0 Å². The summed E-state index contributed by atoms with van der Waals surface area (Å²) in [6, 6.07) is 22.4. The van der Waals surface area contributed by atoms with Gasteiger partial charge in [-0.25, -0.2) is 13.6 Å². The van der Waals surface area contributed by atoms with Crippen molar-refractivity contribution in [2.24, 2.45) is 0 Å². The number of ether oxygens (including phenoxy) is 1. The molecular formula is C42H42F2O6. The first-order valence-electron chi connectivity index (χ1n) is 16.4. The molecule has 5 rings (SSSR count). The van der Waals surface area contributed by atoms with Gasteiger partial charge in [-0.2, -0.15) is 0 Å². The number of halogens is 2. The Kier molecular flexibility index (Phi) is 13.7. The molecule has 6 nitrogen and oxygen atoms in total. The van der Waals surface area contributed by atoms with Crippen molar-refractivity contribution in [2.45, 2.75) is 38.5 Å². The van der Waals surface area contributed by atoms with Gasteiger partial charge in [0.05, 0.1) is 25.4 Å². The van der Waals surface area contributed by atoms with Crippen LogP contribution in [0, 0.1) is 11.6 Å². The zero-order chi connectivity index (χ0) is 36.2. The molecule has 0 aliphatic heterocycles. The van der Waals surface area contributed by atoms with Crippen LogP contribution < -0.4 is 0 Å². The van der Waals surface area contributed by atoms with Crippen molar-refractivity contribution in [3.63, 3.8) is 0 Å². The zero-order valence-corrected chi connectivity index (χ0v) is 28.1. The molecule has 1 atom stereocenters. The van der Waals surface area contributed by atoms with Gasteiger partial charge in [0.25, 0.3) is 0 Å². The molecule has 0 aromatic heterocycles. The fourth-order valence-electron chi connectivity index (χ4n) is 5.75. The topological polar surface area (TPSA) is 104 Å². The Bertz CT molecular complexity index is 1880. The number of allylic oxidation sites excluding steroid dienone is 2. The second kappa shape index (κ2) is 18.1. The molecule has 4 aromatic carbocycles. The van der Waals surface area contributed by atoms with E-state index >= 15 is 8.78 Å². The van der Waals surface area contributed by atoms with Crippen molar-refractivity contribution in [1.29, 1.82) is 0 Å². The summed E-state index contributed by atoms with van der Waals surface area (Å²) in [7, 11) is 0. The van der Waals surface area contributed by atoms with E-state index in [0.717, 1.165) is 36.8 Å². The lowest BCUT2D eigenvalue weighted by molar-refractivity contribution is -0.140. The third kappa shape index (κ3) is 9.15. The van der Waals surface area contributed by atoms with Crippen LogP contribution in [0.15, 0.2) is 109 Å². The molecule has 3 N–H and O–H groups in total. The number of aliphatic hydroxyl groups excluding tert-OH is 3. The minimum absolute atomic E-state index is 0.0801. The van der Waals surface area contributed by atoms with Crippen molar-refractivity contribution in [3.05, 3.63) is 143 Å². The van der Waals surface area contributed by atoms with E-state index in [1.165, 1.54) is 16.7 Å². The van der Waals surface area contributed by atoms with E-state index in [0.29, 0.717) is 23.0 Å². The Morgan fingerprint density at radius 3 is 1.96 bits per heavy atom. The molecule has 8 heteroatoms. The first-order valence-corrected chi connectivity index (χ1v) is 16.4. The van der Waals surface area contributed by atoms with Crippen LogP contribution in [0.3, 0.4) is 0 Å². The highest BCUT2D eigenvalue weighted by Crippen LogP contribution is 2.38. The SMILES string of the molecule is C=C(C=O)CO.C=C(CO)C(=O)OCC(CO)c1ccc(-c2ccc(-c3ccc4c(c3)CCc3cc(CC/C=C/C)ccc3-4)c(F)c2F)cc1. The molecule has 1 unspecified atom stereocenters. The zero-order valence-electron chi connectivity index (χ0n) is 28.1. The summed E-state index contributed by atoms with van der Waals surface area (Å²) in [5.74, 6) is -3.10. The maximum Gasteiger partial charge on any atom is 0.335 e. The Balaban J connectivity index is 0.000000860. The smallest absolute Gasteiger partial charge is 0.335 e. The Morgan fingerprint density at radius 1 is 0.820 bits per heavy atom. The van der Waals surface area contributed by atoms with Crippen LogP contribution >= 0.6 is 0 Å². The van der Waals surface area contributed by atoms with Crippen molar-refractivity contribution in [2.75, 3.05) is 26.4 Å². The van der Waals surface area contributed by atoms with Crippen LogP contribution in [0.4, 0.5) is 8.78 Å². The van der Waals surface area contributed by atoms with Gasteiger partial charge in [0.15, 0.2) is 11.6 Å². The van der Waals surface area contributed by atoms with Gasteiger partial charge in [0.1, 0.15) is 12.9 Å². The first-order chi connectivity index (χ1) is 24.1.